The monoisotopic (exact) mass is 584 g/mol. The molecule has 43 heavy (non-hydrogen) atoms. The lowest BCUT2D eigenvalue weighted by atomic mass is 9.83. The van der Waals surface area contributed by atoms with E-state index in [1.165, 1.54) is 56.5 Å². The molecule has 1 aliphatic rings. The number of rotatable bonds is 9. The number of hydrogen-bond donors (Lipinski definition) is 1. The van der Waals surface area contributed by atoms with Gasteiger partial charge in [-0.25, -0.2) is 13.6 Å². The Morgan fingerprint density at radius 3 is 2.30 bits per heavy atom. The highest BCUT2D eigenvalue weighted by atomic mass is 19.1. The molecule has 0 spiro atoms. The molecule has 2 N–H and O–H groups in total. The molecule has 2 atom stereocenters. The molecule has 5 rings (SSSR count). The van der Waals surface area contributed by atoms with Crippen molar-refractivity contribution in [2.24, 2.45) is 5.73 Å². The molecule has 0 saturated carbocycles. The van der Waals surface area contributed by atoms with Crippen molar-refractivity contribution in [2.45, 2.75) is 25.6 Å². The van der Waals surface area contributed by atoms with Crippen LogP contribution in [-0.4, -0.2) is 19.2 Å². The largest absolute Gasteiger partial charge is 0.493 e. The summed E-state index contributed by atoms with van der Waals surface area (Å²) in [5.74, 6) is -0.480. The number of carbonyl (C=O) groups excluding carboxylic acids is 1. The smallest absolute Gasteiger partial charge is 0.352 e. The Morgan fingerprint density at radius 1 is 0.953 bits per heavy atom. The summed E-state index contributed by atoms with van der Waals surface area (Å²) in [6.07, 6.45) is -0.985. The normalized spacial score (nSPS) is 14.5. The number of carbonyl (C=O) groups is 1. The first-order valence-corrected chi connectivity index (χ1v) is 13.2. The van der Waals surface area contributed by atoms with Gasteiger partial charge in [0.05, 0.1) is 13.0 Å². The molecule has 0 fully saturated rings. The lowest BCUT2D eigenvalue weighted by Crippen LogP contribution is -2.28. The number of ether oxygens (including phenoxy) is 5. The fraction of sp³-hybridized carbons (Fsp3) is 0.152. The molecule has 0 aromatic heterocycles. The van der Waals surface area contributed by atoms with Gasteiger partial charge >= 0.3 is 5.97 Å². The number of hydrogen-bond acceptors (Lipinski definition) is 8. The zero-order chi connectivity index (χ0) is 30.5. The molecule has 0 aliphatic carbocycles. The fourth-order valence-electron chi connectivity index (χ4n) is 4.53. The standard InChI is InChI=1S/C33H26F2N2O6/c1-19(41-24-10-8-23(35)9-11-24)33(38)42-25-12-13-26-29(16-25)43-32(37)27(17-36)31(26)21-5-14-28(30(15-21)39-2)40-18-20-3-6-22(34)7-4-20/h3-16,19,31H,18,37H2,1-2H3. The first-order valence-electron chi connectivity index (χ1n) is 13.2. The van der Waals surface area contributed by atoms with Gasteiger partial charge in [0, 0.05) is 11.6 Å². The number of nitrogens with two attached hydrogens (primary N) is 1. The van der Waals surface area contributed by atoms with Crippen LogP contribution in [0, 0.1) is 23.0 Å². The van der Waals surface area contributed by atoms with Crippen LogP contribution >= 0.6 is 0 Å². The van der Waals surface area contributed by atoms with Gasteiger partial charge in [-0.3, -0.25) is 0 Å². The number of esters is 1. The van der Waals surface area contributed by atoms with Crippen LogP contribution in [0.15, 0.2) is 96.4 Å². The first kappa shape index (κ1) is 29.0. The molecule has 0 saturated heterocycles. The summed E-state index contributed by atoms with van der Waals surface area (Å²) in [7, 11) is 1.50. The maximum Gasteiger partial charge on any atom is 0.352 e. The molecule has 218 valence electrons. The SMILES string of the molecule is COc1cc(C2C(C#N)=C(N)Oc3cc(OC(=O)C(C)Oc4ccc(F)cc4)ccc32)ccc1OCc1ccc(F)cc1. The Bertz CT molecular complexity index is 1720. The maximum atomic E-state index is 13.2. The first-order chi connectivity index (χ1) is 20.7. The summed E-state index contributed by atoms with van der Waals surface area (Å²) in [5, 5.41) is 9.95. The van der Waals surface area contributed by atoms with E-state index >= 15 is 0 Å². The van der Waals surface area contributed by atoms with Crippen LogP contribution in [-0.2, 0) is 11.4 Å². The van der Waals surface area contributed by atoms with E-state index in [2.05, 4.69) is 6.07 Å². The van der Waals surface area contributed by atoms with Crippen molar-refractivity contribution in [2.75, 3.05) is 7.11 Å². The average molecular weight is 585 g/mol. The van der Waals surface area contributed by atoms with Crippen LogP contribution in [0.1, 0.15) is 29.5 Å². The van der Waals surface area contributed by atoms with Crippen LogP contribution in [0.3, 0.4) is 0 Å². The van der Waals surface area contributed by atoms with E-state index in [0.29, 0.717) is 34.1 Å². The van der Waals surface area contributed by atoms with Gasteiger partial charge in [-0.05, 0) is 72.6 Å². The Kier molecular flexibility index (Phi) is 8.44. The van der Waals surface area contributed by atoms with Crippen molar-refractivity contribution in [3.05, 3.63) is 125 Å². The molecule has 1 heterocycles. The minimum Gasteiger partial charge on any atom is -0.493 e. The predicted octanol–water partition coefficient (Wildman–Crippen LogP) is 6.14. The highest BCUT2D eigenvalue weighted by Crippen LogP contribution is 2.45. The van der Waals surface area contributed by atoms with Gasteiger partial charge in [0.15, 0.2) is 17.6 Å². The number of methoxy groups -OCH3 is 1. The third kappa shape index (κ3) is 6.52. The number of benzene rings is 4. The minimum absolute atomic E-state index is 0.0907. The summed E-state index contributed by atoms with van der Waals surface area (Å²) in [4.78, 5) is 12.7. The summed E-state index contributed by atoms with van der Waals surface area (Å²) < 4.78 is 54.7. The molecular weight excluding hydrogens is 558 g/mol. The van der Waals surface area contributed by atoms with Gasteiger partial charge in [0.25, 0.3) is 0 Å². The number of fused-ring (bicyclic) bond motifs is 1. The molecule has 0 amide bonds. The molecular formula is C33H26F2N2O6. The Morgan fingerprint density at radius 2 is 1.63 bits per heavy atom. The maximum absolute atomic E-state index is 13.2. The fourth-order valence-corrected chi connectivity index (χ4v) is 4.53. The van der Waals surface area contributed by atoms with E-state index in [9.17, 15) is 18.8 Å². The number of halogens is 2. The molecule has 0 radical (unpaired) electrons. The van der Waals surface area contributed by atoms with E-state index in [-0.39, 0.29) is 29.6 Å². The topological polar surface area (TPSA) is 113 Å². The molecule has 2 unspecified atom stereocenters. The molecule has 8 nitrogen and oxygen atoms in total. The van der Waals surface area contributed by atoms with Crippen LogP contribution in [0.2, 0.25) is 0 Å². The van der Waals surface area contributed by atoms with Gasteiger partial charge in [0.1, 0.15) is 47.1 Å². The molecule has 4 aromatic carbocycles. The van der Waals surface area contributed by atoms with E-state index in [4.69, 9.17) is 29.4 Å². The third-order valence-electron chi connectivity index (χ3n) is 6.70. The lowest BCUT2D eigenvalue weighted by Gasteiger charge is -2.27. The van der Waals surface area contributed by atoms with Crippen molar-refractivity contribution in [1.82, 2.24) is 0 Å². The number of nitriles is 1. The highest BCUT2D eigenvalue weighted by molar-refractivity contribution is 5.77. The number of nitrogens with zero attached hydrogens (tertiary/aromatic N) is 1. The van der Waals surface area contributed by atoms with E-state index in [0.717, 1.165) is 5.56 Å². The second-order valence-corrected chi connectivity index (χ2v) is 9.58. The third-order valence-corrected chi connectivity index (χ3v) is 6.70. The van der Waals surface area contributed by atoms with Crippen LogP contribution in [0.25, 0.3) is 0 Å². The second-order valence-electron chi connectivity index (χ2n) is 9.58. The Labute approximate surface area is 246 Å². The highest BCUT2D eigenvalue weighted by Gasteiger charge is 2.32. The summed E-state index contributed by atoms with van der Waals surface area (Å²) in [6.45, 7) is 1.71. The molecule has 10 heteroatoms. The average Bonchev–Trinajstić information content (AvgIpc) is 3.01. The molecule has 1 aliphatic heterocycles. The van der Waals surface area contributed by atoms with E-state index < -0.39 is 23.8 Å². The van der Waals surface area contributed by atoms with Crippen molar-refractivity contribution >= 4 is 5.97 Å². The van der Waals surface area contributed by atoms with Crippen LogP contribution < -0.4 is 29.4 Å². The second kappa shape index (κ2) is 12.5. The van der Waals surface area contributed by atoms with Gasteiger partial charge in [-0.1, -0.05) is 24.3 Å². The van der Waals surface area contributed by atoms with Crippen molar-refractivity contribution in [3.8, 4) is 34.8 Å². The lowest BCUT2D eigenvalue weighted by molar-refractivity contribution is -0.141. The zero-order valence-electron chi connectivity index (χ0n) is 23.2. The van der Waals surface area contributed by atoms with Crippen molar-refractivity contribution < 1.29 is 37.3 Å². The zero-order valence-corrected chi connectivity index (χ0v) is 23.2. The van der Waals surface area contributed by atoms with Crippen molar-refractivity contribution in [3.63, 3.8) is 0 Å². The summed E-state index contributed by atoms with van der Waals surface area (Å²) in [6, 6.07) is 23.4. The predicted molar refractivity (Wildman–Crippen MR) is 152 cm³/mol. The molecule has 0 bridgehead atoms. The quantitative estimate of drug-likeness (QED) is 0.184. The van der Waals surface area contributed by atoms with Gasteiger partial charge < -0.3 is 29.4 Å². The minimum atomic E-state index is -0.985. The molecule has 4 aromatic rings. The van der Waals surface area contributed by atoms with E-state index in [1.807, 2.05) is 0 Å². The van der Waals surface area contributed by atoms with Gasteiger partial charge in [0.2, 0.25) is 5.88 Å². The Hall–Kier alpha value is -5.56. The van der Waals surface area contributed by atoms with Crippen molar-refractivity contribution in [1.29, 1.82) is 5.26 Å². The summed E-state index contributed by atoms with van der Waals surface area (Å²) >= 11 is 0. The Balaban J connectivity index is 1.36. The van der Waals surface area contributed by atoms with Crippen LogP contribution in [0.5, 0.6) is 28.7 Å². The van der Waals surface area contributed by atoms with Gasteiger partial charge in [-0.2, -0.15) is 5.26 Å². The van der Waals surface area contributed by atoms with E-state index in [1.54, 1.807) is 42.5 Å². The summed E-state index contributed by atoms with van der Waals surface area (Å²) in [5.41, 5.74) is 8.42. The number of allylic oxidation sites excluding steroid dienone is 1. The van der Waals surface area contributed by atoms with Crippen LogP contribution in [0.4, 0.5) is 8.78 Å². The van der Waals surface area contributed by atoms with Gasteiger partial charge in [-0.15, -0.1) is 0 Å².